The molecular formula is C18H19BO. The molecule has 0 unspecified atom stereocenters. The van der Waals surface area contributed by atoms with Gasteiger partial charge in [0.1, 0.15) is 0 Å². The van der Waals surface area contributed by atoms with Crippen molar-refractivity contribution in [3.63, 3.8) is 0 Å². The van der Waals surface area contributed by atoms with Gasteiger partial charge in [-0.25, -0.2) is 0 Å². The lowest BCUT2D eigenvalue weighted by atomic mass is 9.55. The first kappa shape index (κ1) is 12.2. The number of hydrogen-bond acceptors (Lipinski definition) is 1. The Bertz CT molecular complexity index is 573. The van der Waals surface area contributed by atoms with Gasteiger partial charge in [0.2, 0.25) is 0 Å². The summed E-state index contributed by atoms with van der Waals surface area (Å²) in [5, 5.41) is 10.6. The van der Waals surface area contributed by atoms with E-state index in [0.717, 1.165) is 22.8 Å². The maximum absolute atomic E-state index is 10.6. The first-order valence-corrected chi connectivity index (χ1v) is 7.69. The maximum Gasteiger partial charge on any atom is 0.358 e. The molecule has 2 aromatic rings. The molecule has 0 radical (unpaired) electrons. The maximum atomic E-state index is 10.6. The summed E-state index contributed by atoms with van der Waals surface area (Å²) in [4.78, 5) is 0. The summed E-state index contributed by atoms with van der Waals surface area (Å²) >= 11 is 0. The number of hydrogen-bond donors (Lipinski definition) is 1. The van der Waals surface area contributed by atoms with Crippen LogP contribution in [0.4, 0.5) is 0 Å². The van der Waals surface area contributed by atoms with E-state index in [1.165, 1.54) is 36.8 Å². The minimum atomic E-state index is -0.493. The molecule has 0 aliphatic heterocycles. The molecule has 0 heterocycles. The predicted molar refractivity (Wildman–Crippen MR) is 84.1 cm³/mol. The summed E-state index contributed by atoms with van der Waals surface area (Å²) in [7, 11) is 0. The Kier molecular flexibility index (Phi) is 2.92. The van der Waals surface area contributed by atoms with Gasteiger partial charge in [-0.15, -0.1) is 0 Å². The minimum absolute atomic E-state index is 0.493. The summed E-state index contributed by atoms with van der Waals surface area (Å²) in [5.74, 6) is 1.47. The first-order valence-electron chi connectivity index (χ1n) is 7.69. The van der Waals surface area contributed by atoms with E-state index in [1.54, 1.807) is 0 Å². The van der Waals surface area contributed by atoms with Crippen LogP contribution in [0.5, 0.6) is 0 Å². The summed E-state index contributed by atoms with van der Waals surface area (Å²) < 4.78 is 0. The van der Waals surface area contributed by atoms with E-state index in [9.17, 15) is 5.02 Å². The Labute approximate surface area is 120 Å². The molecule has 2 aliphatic rings. The lowest BCUT2D eigenvalue weighted by Gasteiger charge is -2.10. The van der Waals surface area contributed by atoms with Crippen LogP contribution in [0.2, 0.25) is 0 Å². The molecule has 4 rings (SSSR count). The highest BCUT2D eigenvalue weighted by atomic mass is 16.2. The Morgan fingerprint density at radius 2 is 1.20 bits per heavy atom. The highest BCUT2D eigenvalue weighted by molar-refractivity contribution is 6.78. The van der Waals surface area contributed by atoms with E-state index in [1.807, 2.05) is 12.1 Å². The van der Waals surface area contributed by atoms with E-state index in [-0.39, 0.29) is 0 Å². The topological polar surface area (TPSA) is 20.2 Å². The fourth-order valence-corrected chi connectivity index (χ4v) is 2.99. The fraction of sp³-hybridized carbons (Fsp3) is 0.333. The molecule has 2 aromatic carbocycles. The fourth-order valence-electron chi connectivity index (χ4n) is 2.99. The predicted octanol–water partition coefficient (Wildman–Crippen LogP) is 2.54. The molecule has 0 bridgehead atoms. The third kappa shape index (κ3) is 2.40. The number of rotatable bonds is 4. The van der Waals surface area contributed by atoms with Crippen molar-refractivity contribution in [2.24, 2.45) is 0 Å². The monoisotopic (exact) mass is 262 g/mol. The van der Waals surface area contributed by atoms with Gasteiger partial charge in [-0.1, -0.05) is 48.5 Å². The van der Waals surface area contributed by atoms with Crippen molar-refractivity contribution in [3.8, 4) is 0 Å². The molecule has 0 amide bonds. The second kappa shape index (κ2) is 4.78. The van der Waals surface area contributed by atoms with Crippen LogP contribution in [0.3, 0.4) is 0 Å². The molecule has 2 fully saturated rings. The highest BCUT2D eigenvalue weighted by Crippen LogP contribution is 2.40. The van der Waals surface area contributed by atoms with Crippen LogP contribution in [-0.4, -0.2) is 11.9 Å². The van der Waals surface area contributed by atoms with Gasteiger partial charge in [0.25, 0.3) is 0 Å². The molecule has 0 atom stereocenters. The smallest absolute Gasteiger partial charge is 0.358 e. The molecule has 1 nitrogen and oxygen atoms in total. The zero-order valence-electron chi connectivity index (χ0n) is 11.6. The molecule has 2 aliphatic carbocycles. The van der Waals surface area contributed by atoms with E-state index in [4.69, 9.17) is 0 Å². The summed E-state index contributed by atoms with van der Waals surface area (Å²) in [6, 6.07) is 17.0. The average molecular weight is 262 g/mol. The van der Waals surface area contributed by atoms with Gasteiger partial charge in [-0.05, 0) is 59.6 Å². The van der Waals surface area contributed by atoms with Crippen LogP contribution >= 0.6 is 0 Å². The Morgan fingerprint density at radius 3 is 1.60 bits per heavy atom. The van der Waals surface area contributed by atoms with Crippen LogP contribution in [0.1, 0.15) is 48.6 Å². The molecule has 2 heteroatoms. The second-order valence-electron chi connectivity index (χ2n) is 6.29. The minimum Gasteiger partial charge on any atom is -0.443 e. The zero-order valence-corrected chi connectivity index (χ0v) is 11.6. The van der Waals surface area contributed by atoms with Crippen LogP contribution in [0.25, 0.3) is 0 Å². The van der Waals surface area contributed by atoms with Gasteiger partial charge in [-0.3, -0.25) is 0 Å². The van der Waals surface area contributed by atoms with Gasteiger partial charge >= 0.3 is 6.92 Å². The SMILES string of the molecule is OB(c1cccc(C2CC2)c1)c1cccc(C2CC2)c1. The molecular weight excluding hydrogens is 243 g/mol. The van der Waals surface area contributed by atoms with Crippen LogP contribution in [0.15, 0.2) is 48.5 Å². The molecule has 1 N–H and O–H groups in total. The number of benzene rings is 2. The van der Waals surface area contributed by atoms with E-state index < -0.39 is 6.92 Å². The lowest BCUT2D eigenvalue weighted by Crippen LogP contribution is -2.42. The Hall–Kier alpha value is -1.54. The van der Waals surface area contributed by atoms with Gasteiger partial charge in [0.05, 0.1) is 0 Å². The Morgan fingerprint density at radius 1 is 0.750 bits per heavy atom. The van der Waals surface area contributed by atoms with Crippen molar-refractivity contribution in [1.82, 2.24) is 0 Å². The normalized spacial score (nSPS) is 18.1. The molecule has 0 spiro atoms. The first-order chi connectivity index (χ1) is 9.81. The van der Waals surface area contributed by atoms with Crippen molar-refractivity contribution in [3.05, 3.63) is 59.7 Å². The van der Waals surface area contributed by atoms with Crippen LogP contribution in [-0.2, 0) is 0 Å². The van der Waals surface area contributed by atoms with Crippen LogP contribution in [0, 0.1) is 0 Å². The quantitative estimate of drug-likeness (QED) is 0.839. The van der Waals surface area contributed by atoms with Gasteiger partial charge in [-0.2, -0.15) is 0 Å². The van der Waals surface area contributed by atoms with Gasteiger partial charge in [0, 0.05) is 0 Å². The highest BCUT2D eigenvalue weighted by Gasteiger charge is 2.27. The largest absolute Gasteiger partial charge is 0.443 e. The summed E-state index contributed by atoms with van der Waals surface area (Å²) in [5.41, 5.74) is 4.84. The standard InChI is InChI=1S/C18H19BO/c20-19(17-5-1-3-15(11-17)13-7-8-13)18-6-2-4-16(12-18)14-9-10-14/h1-6,11-14,20H,7-10H2. The molecule has 20 heavy (non-hydrogen) atoms. The molecule has 0 saturated heterocycles. The van der Waals surface area contributed by atoms with Gasteiger partial charge < -0.3 is 5.02 Å². The average Bonchev–Trinajstić information content (AvgIpc) is 3.39. The third-order valence-electron chi connectivity index (χ3n) is 4.55. The van der Waals surface area contributed by atoms with Crippen molar-refractivity contribution >= 4 is 17.8 Å². The van der Waals surface area contributed by atoms with Crippen LogP contribution < -0.4 is 10.9 Å². The second-order valence-corrected chi connectivity index (χ2v) is 6.29. The van der Waals surface area contributed by atoms with Crippen molar-refractivity contribution < 1.29 is 5.02 Å². The molecule has 2 saturated carbocycles. The molecule has 100 valence electrons. The molecule has 0 aromatic heterocycles. The van der Waals surface area contributed by atoms with Gasteiger partial charge in [0.15, 0.2) is 0 Å². The summed E-state index contributed by atoms with van der Waals surface area (Å²) in [6.45, 7) is -0.493. The Balaban J connectivity index is 1.63. The zero-order chi connectivity index (χ0) is 13.5. The van der Waals surface area contributed by atoms with E-state index in [0.29, 0.717) is 0 Å². The van der Waals surface area contributed by atoms with E-state index in [2.05, 4.69) is 36.4 Å². The van der Waals surface area contributed by atoms with E-state index >= 15 is 0 Å². The van der Waals surface area contributed by atoms with Crippen molar-refractivity contribution in [2.75, 3.05) is 0 Å². The summed E-state index contributed by atoms with van der Waals surface area (Å²) in [6.07, 6.45) is 5.21. The lowest BCUT2D eigenvalue weighted by molar-refractivity contribution is 0.600. The van der Waals surface area contributed by atoms with Crippen molar-refractivity contribution in [1.29, 1.82) is 0 Å². The third-order valence-corrected chi connectivity index (χ3v) is 4.55. The van der Waals surface area contributed by atoms with Crippen molar-refractivity contribution in [2.45, 2.75) is 37.5 Å².